The highest BCUT2D eigenvalue weighted by Gasteiger charge is 2.59. The van der Waals surface area contributed by atoms with E-state index in [1.807, 2.05) is 20.8 Å². The number of fused-ring (bicyclic) bond motifs is 1. The van der Waals surface area contributed by atoms with Crippen LogP contribution in [0.4, 0.5) is 5.69 Å². The lowest BCUT2D eigenvalue weighted by atomic mass is 9.72. The average molecular weight is 496 g/mol. The molecule has 36 heavy (non-hydrogen) atoms. The van der Waals surface area contributed by atoms with Crippen LogP contribution in [0.15, 0.2) is 41.9 Å². The number of β-lactam (4-membered cyclic amide) rings is 1. The third kappa shape index (κ3) is 4.39. The van der Waals surface area contributed by atoms with Crippen molar-refractivity contribution in [2.24, 2.45) is 17.8 Å². The number of tetrazole rings is 1. The molecule has 3 heterocycles. The van der Waals surface area contributed by atoms with Crippen molar-refractivity contribution in [3.8, 4) is 0 Å². The summed E-state index contributed by atoms with van der Waals surface area (Å²) in [5, 5.41) is 21.5. The number of non-ortho nitro benzene ring substituents is 1. The van der Waals surface area contributed by atoms with Crippen molar-refractivity contribution >= 4 is 29.3 Å². The molecule has 188 valence electrons. The van der Waals surface area contributed by atoms with Crippen LogP contribution in [-0.4, -0.2) is 59.7 Å². The zero-order valence-corrected chi connectivity index (χ0v) is 19.9. The summed E-state index contributed by atoms with van der Waals surface area (Å²) in [6.07, 6.45) is 1.95. The van der Waals surface area contributed by atoms with Crippen LogP contribution < -0.4 is 0 Å². The van der Waals surface area contributed by atoms with Crippen LogP contribution in [0.5, 0.6) is 0 Å². The molecule has 1 amide bonds. The van der Waals surface area contributed by atoms with Crippen molar-refractivity contribution < 1.29 is 28.8 Å². The van der Waals surface area contributed by atoms with Gasteiger partial charge in [0.05, 0.1) is 22.4 Å². The second-order valence-corrected chi connectivity index (χ2v) is 8.95. The predicted octanol–water partition coefficient (Wildman–Crippen LogP) is 1.70. The van der Waals surface area contributed by atoms with Crippen molar-refractivity contribution in [3.63, 3.8) is 0 Å². The summed E-state index contributed by atoms with van der Waals surface area (Å²) in [6.45, 7) is 5.58. The Morgan fingerprint density at radius 1 is 1.19 bits per heavy atom. The van der Waals surface area contributed by atoms with Gasteiger partial charge in [-0.2, -0.15) is 0 Å². The Balaban J connectivity index is 1.45. The lowest BCUT2D eigenvalue weighted by Gasteiger charge is -2.48. The third-order valence-corrected chi connectivity index (χ3v) is 6.76. The summed E-state index contributed by atoms with van der Waals surface area (Å²) < 4.78 is 6.36. The molecule has 4 rings (SSSR count). The second-order valence-electron chi connectivity index (χ2n) is 8.95. The maximum absolute atomic E-state index is 13.1. The number of carbonyl (C=O) groups excluding carboxylic acids is 4. The van der Waals surface area contributed by atoms with Gasteiger partial charge in [-0.15, -0.1) is 5.10 Å². The van der Waals surface area contributed by atoms with Crippen LogP contribution in [0.25, 0.3) is 0 Å². The highest BCUT2D eigenvalue weighted by atomic mass is 16.6. The molecule has 4 atom stereocenters. The van der Waals surface area contributed by atoms with E-state index in [0.717, 1.165) is 12.1 Å². The Hall–Kier alpha value is -4.29. The monoisotopic (exact) mass is 496 g/mol. The molecule has 2 aromatic rings. The summed E-state index contributed by atoms with van der Waals surface area (Å²) in [4.78, 5) is 62.7. The fraction of sp³-hybridized carbons (Fsp3) is 0.435. The predicted molar refractivity (Wildman–Crippen MR) is 121 cm³/mol. The molecule has 0 radical (unpaired) electrons. The first kappa shape index (κ1) is 24.8. The van der Waals surface area contributed by atoms with Crippen LogP contribution >= 0.6 is 0 Å². The van der Waals surface area contributed by atoms with Gasteiger partial charge >= 0.3 is 11.9 Å². The molecule has 0 spiro atoms. The van der Waals surface area contributed by atoms with Crippen molar-refractivity contribution in [2.45, 2.75) is 46.2 Å². The van der Waals surface area contributed by atoms with E-state index in [0.29, 0.717) is 12.0 Å². The van der Waals surface area contributed by atoms with E-state index in [1.54, 1.807) is 0 Å². The van der Waals surface area contributed by atoms with E-state index in [4.69, 9.17) is 4.74 Å². The van der Waals surface area contributed by atoms with Crippen LogP contribution in [-0.2, 0) is 25.7 Å². The number of benzene rings is 1. The zero-order valence-electron chi connectivity index (χ0n) is 19.9. The Morgan fingerprint density at radius 3 is 2.47 bits per heavy atom. The number of hydrogen-bond acceptors (Lipinski definition) is 10. The van der Waals surface area contributed by atoms with Gasteiger partial charge in [-0.3, -0.25) is 19.7 Å². The number of rotatable bonds is 9. The number of esters is 2. The van der Waals surface area contributed by atoms with E-state index >= 15 is 0 Å². The van der Waals surface area contributed by atoms with Gasteiger partial charge in [0.1, 0.15) is 18.6 Å². The lowest BCUT2D eigenvalue weighted by molar-refractivity contribution is -0.384. The zero-order chi connectivity index (χ0) is 26.1. The highest BCUT2D eigenvalue weighted by molar-refractivity contribution is 6.06. The lowest BCUT2D eigenvalue weighted by Crippen LogP contribution is -2.62. The molecule has 0 N–H and O–H groups in total. The maximum atomic E-state index is 13.1. The van der Waals surface area contributed by atoms with E-state index in [9.17, 15) is 29.3 Å². The van der Waals surface area contributed by atoms with Crippen molar-refractivity contribution in [2.75, 3.05) is 0 Å². The van der Waals surface area contributed by atoms with Gasteiger partial charge in [0.15, 0.2) is 5.78 Å². The Bertz CT molecular complexity index is 1250. The van der Waals surface area contributed by atoms with Gasteiger partial charge < -0.3 is 9.64 Å². The summed E-state index contributed by atoms with van der Waals surface area (Å²) in [5.74, 6) is -3.24. The van der Waals surface area contributed by atoms with Crippen LogP contribution in [0.3, 0.4) is 0 Å². The normalized spacial score (nSPS) is 21.6. The van der Waals surface area contributed by atoms with Gasteiger partial charge in [0, 0.05) is 24.5 Å². The molecule has 1 fully saturated rings. The SMILES string of the molecule is CCC1=C(C(=O)OC(=O)c2ccc([N+](=O)[O-])cc2)N2C(=O)[C@H](C(C)CC(=O)Cn3cnnn3)[C@H]2[C@H]1C. The van der Waals surface area contributed by atoms with Crippen LogP contribution in [0, 0.1) is 27.9 Å². The number of aromatic nitrogens is 4. The van der Waals surface area contributed by atoms with Crippen LogP contribution in [0.2, 0.25) is 0 Å². The number of hydrogen-bond donors (Lipinski definition) is 0. The standard InChI is InChI=1S/C23H24N6O7/c1-4-17-13(3)19-18(12(2)9-16(30)10-27-11-24-25-26-27)21(31)28(19)20(17)23(33)36-22(32)14-5-7-15(8-6-14)29(34)35/h5-8,11-13,18-19H,4,9-10H2,1-3H3/t12?,13-,18+,19+/m0/s1. The number of Topliss-reactive ketones (excluding diaryl/α,β-unsaturated/α-hetero) is 1. The molecular formula is C23H24N6O7. The minimum atomic E-state index is -0.972. The van der Waals surface area contributed by atoms with Crippen molar-refractivity contribution in [1.82, 2.24) is 25.1 Å². The summed E-state index contributed by atoms with van der Waals surface area (Å²) in [7, 11) is 0. The van der Waals surface area contributed by atoms with Crippen LogP contribution in [0.1, 0.15) is 44.0 Å². The molecule has 13 nitrogen and oxygen atoms in total. The fourth-order valence-electron chi connectivity index (χ4n) is 5.10. The minimum Gasteiger partial charge on any atom is -0.385 e. The van der Waals surface area contributed by atoms with E-state index < -0.39 is 22.8 Å². The van der Waals surface area contributed by atoms with E-state index in [2.05, 4.69) is 15.5 Å². The number of amides is 1. The Labute approximate surface area is 205 Å². The molecule has 13 heteroatoms. The number of nitrogens with zero attached hydrogens (tertiary/aromatic N) is 6. The molecule has 1 unspecified atom stereocenters. The molecule has 0 bridgehead atoms. The smallest absolute Gasteiger partial charge is 0.362 e. The molecule has 0 aliphatic carbocycles. The van der Waals surface area contributed by atoms with Gasteiger partial charge in [0.2, 0.25) is 5.91 Å². The van der Waals surface area contributed by atoms with E-state index in [1.165, 1.54) is 28.0 Å². The maximum Gasteiger partial charge on any atom is 0.362 e. The summed E-state index contributed by atoms with van der Waals surface area (Å²) >= 11 is 0. The largest absolute Gasteiger partial charge is 0.385 e. The quantitative estimate of drug-likeness (QED) is 0.164. The molecule has 1 aromatic heterocycles. The first-order chi connectivity index (χ1) is 17.1. The van der Waals surface area contributed by atoms with Crippen molar-refractivity contribution in [1.29, 1.82) is 0 Å². The summed E-state index contributed by atoms with van der Waals surface area (Å²) in [6, 6.07) is 4.35. The molecule has 1 saturated heterocycles. The number of nitro groups is 1. The first-order valence-corrected chi connectivity index (χ1v) is 11.4. The second kappa shape index (κ2) is 9.76. The summed E-state index contributed by atoms with van der Waals surface area (Å²) in [5.41, 5.74) is 0.519. The molecule has 0 saturated carbocycles. The average Bonchev–Trinajstić information content (AvgIpc) is 3.42. The molecule has 2 aliphatic heterocycles. The number of nitro benzene ring substituents is 1. The Morgan fingerprint density at radius 2 is 1.89 bits per heavy atom. The number of carbonyl (C=O) groups is 4. The fourth-order valence-corrected chi connectivity index (χ4v) is 5.10. The number of ether oxygens (including phenoxy) is 1. The van der Waals surface area contributed by atoms with Gasteiger partial charge in [-0.25, -0.2) is 14.3 Å². The minimum absolute atomic E-state index is 0.00295. The topological polar surface area (TPSA) is 167 Å². The molecule has 1 aromatic carbocycles. The molecule has 2 aliphatic rings. The van der Waals surface area contributed by atoms with Gasteiger partial charge in [-0.05, 0) is 40.5 Å². The highest BCUT2D eigenvalue weighted by Crippen LogP contribution is 2.50. The molecular weight excluding hydrogens is 472 g/mol. The third-order valence-electron chi connectivity index (χ3n) is 6.76. The van der Waals surface area contributed by atoms with E-state index in [-0.39, 0.29) is 59.5 Å². The van der Waals surface area contributed by atoms with Gasteiger partial charge in [-0.1, -0.05) is 20.8 Å². The van der Waals surface area contributed by atoms with Crippen molar-refractivity contribution in [3.05, 3.63) is 57.5 Å². The van der Waals surface area contributed by atoms with Gasteiger partial charge in [0.25, 0.3) is 5.69 Å². The Kier molecular flexibility index (Phi) is 6.73. The first-order valence-electron chi connectivity index (χ1n) is 11.4. The number of ketones is 1.